The third-order valence-corrected chi connectivity index (χ3v) is 7.44. The number of hydrogen-bond acceptors (Lipinski definition) is 6. The van der Waals surface area contributed by atoms with Crippen LogP contribution in [0.4, 0.5) is 13.2 Å². The van der Waals surface area contributed by atoms with Crippen LogP contribution in [0, 0.1) is 0 Å². The van der Waals surface area contributed by atoms with Gasteiger partial charge in [0, 0.05) is 42.6 Å². The van der Waals surface area contributed by atoms with E-state index in [4.69, 9.17) is 4.74 Å². The Morgan fingerprint density at radius 2 is 1.94 bits per heavy atom. The van der Waals surface area contributed by atoms with Crippen molar-refractivity contribution in [2.75, 3.05) is 6.61 Å². The minimum atomic E-state index is -4.50. The summed E-state index contributed by atoms with van der Waals surface area (Å²) in [4.78, 5) is -0.00145. The lowest BCUT2D eigenvalue weighted by Crippen LogP contribution is -2.38. The minimum Gasteiger partial charge on any atom is -0.493 e. The van der Waals surface area contributed by atoms with Crippen LogP contribution in [0.5, 0.6) is 5.75 Å². The smallest absolute Gasteiger partial charge is 0.416 e. The highest BCUT2D eigenvalue weighted by Gasteiger charge is 2.33. The van der Waals surface area contributed by atoms with Crippen molar-refractivity contribution in [2.24, 2.45) is 7.05 Å². The molecule has 2 aliphatic rings. The maximum atomic E-state index is 13.5. The van der Waals surface area contributed by atoms with E-state index in [1.807, 2.05) is 0 Å². The molecular weight excluding hydrogens is 495 g/mol. The molecule has 0 radical (unpaired) electrons. The van der Waals surface area contributed by atoms with Crippen LogP contribution in [0.1, 0.15) is 29.0 Å². The molecule has 8 nitrogen and oxygen atoms in total. The topological polar surface area (TPSA) is 97.3 Å². The second-order valence-corrected chi connectivity index (χ2v) is 10.0. The first-order chi connectivity index (χ1) is 17.1. The number of hydrazine groups is 1. The first kappa shape index (κ1) is 23.8. The number of aromatic nitrogens is 2. The van der Waals surface area contributed by atoms with E-state index in [2.05, 4.69) is 20.7 Å². The van der Waals surface area contributed by atoms with E-state index < -0.39 is 21.8 Å². The average Bonchev–Trinajstić information content (AvgIpc) is 3.28. The molecule has 188 valence electrons. The van der Waals surface area contributed by atoms with Gasteiger partial charge in [0.2, 0.25) is 0 Å². The molecule has 0 spiro atoms. The molecule has 2 aromatic carbocycles. The van der Waals surface area contributed by atoms with Crippen LogP contribution in [0.3, 0.4) is 0 Å². The maximum Gasteiger partial charge on any atom is 0.416 e. The van der Waals surface area contributed by atoms with Crippen molar-refractivity contribution in [3.8, 4) is 17.0 Å². The fourth-order valence-corrected chi connectivity index (χ4v) is 5.41. The zero-order chi connectivity index (χ0) is 25.5. The second kappa shape index (κ2) is 8.94. The van der Waals surface area contributed by atoms with Crippen LogP contribution < -0.4 is 20.3 Å². The highest BCUT2D eigenvalue weighted by molar-refractivity contribution is 7.89. The molecular formula is C24H22F3N5O3S. The Bertz CT molecular complexity index is 1480. The van der Waals surface area contributed by atoms with E-state index >= 15 is 0 Å². The molecule has 0 aliphatic carbocycles. The van der Waals surface area contributed by atoms with E-state index in [1.165, 1.54) is 29.1 Å². The lowest BCUT2D eigenvalue weighted by molar-refractivity contribution is -0.137. The van der Waals surface area contributed by atoms with Crippen LogP contribution in [0.15, 0.2) is 77.7 Å². The van der Waals surface area contributed by atoms with Crippen molar-refractivity contribution in [3.05, 3.63) is 89.5 Å². The number of fused-ring (bicyclic) bond motifs is 1. The predicted octanol–water partition coefficient (Wildman–Crippen LogP) is 3.76. The fraction of sp³-hybridized carbons (Fsp3) is 0.208. The SMILES string of the molecule is Cn1nccc1-c1cc(C(F)(F)F)ccc1[C@H]1CCOc2cc(S(=O)(=O)NC3=CC=CNN3)ccc21. The molecule has 12 heteroatoms. The Morgan fingerprint density at radius 1 is 1.14 bits per heavy atom. The van der Waals surface area contributed by atoms with Gasteiger partial charge in [0.25, 0.3) is 10.0 Å². The van der Waals surface area contributed by atoms with Crippen LogP contribution in [-0.4, -0.2) is 24.8 Å². The number of benzene rings is 2. The van der Waals surface area contributed by atoms with Gasteiger partial charge in [0.15, 0.2) is 0 Å². The molecule has 5 rings (SSSR count). The first-order valence-electron chi connectivity index (χ1n) is 11.0. The molecule has 1 atom stereocenters. The van der Waals surface area contributed by atoms with E-state index in [-0.39, 0.29) is 23.2 Å². The zero-order valence-corrected chi connectivity index (χ0v) is 19.8. The molecule has 0 fully saturated rings. The highest BCUT2D eigenvalue weighted by atomic mass is 32.2. The van der Waals surface area contributed by atoms with Gasteiger partial charge in [-0.05, 0) is 48.4 Å². The first-order valence-corrected chi connectivity index (χ1v) is 12.5. The summed E-state index contributed by atoms with van der Waals surface area (Å²) >= 11 is 0. The van der Waals surface area contributed by atoms with Crippen molar-refractivity contribution >= 4 is 10.0 Å². The van der Waals surface area contributed by atoms with E-state index in [0.29, 0.717) is 34.6 Å². The summed E-state index contributed by atoms with van der Waals surface area (Å²) < 4.78 is 76.1. The second-order valence-electron chi connectivity index (χ2n) is 8.34. The molecule has 0 unspecified atom stereocenters. The number of allylic oxidation sites excluding steroid dienone is 2. The van der Waals surface area contributed by atoms with Crippen molar-refractivity contribution in [2.45, 2.75) is 23.4 Å². The number of rotatable bonds is 5. The third kappa shape index (κ3) is 4.51. The molecule has 2 aliphatic heterocycles. The van der Waals surface area contributed by atoms with Crippen molar-refractivity contribution < 1.29 is 26.3 Å². The minimum absolute atomic E-state index is 0.00145. The van der Waals surface area contributed by atoms with Gasteiger partial charge in [0.05, 0.1) is 22.8 Å². The number of sulfonamides is 1. The van der Waals surface area contributed by atoms with Crippen molar-refractivity contribution in [1.82, 2.24) is 25.4 Å². The van der Waals surface area contributed by atoms with Gasteiger partial charge in [-0.15, -0.1) is 0 Å². The maximum absolute atomic E-state index is 13.5. The summed E-state index contributed by atoms with van der Waals surface area (Å²) in [6.07, 6.45) is 2.35. The molecule has 0 amide bonds. The zero-order valence-electron chi connectivity index (χ0n) is 19.0. The van der Waals surface area contributed by atoms with Crippen LogP contribution in [0.25, 0.3) is 11.3 Å². The summed E-state index contributed by atoms with van der Waals surface area (Å²) in [6.45, 7) is 0.280. The van der Waals surface area contributed by atoms with Crippen LogP contribution in [0.2, 0.25) is 0 Å². The van der Waals surface area contributed by atoms with Crippen LogP contribution >= 0.6 is 0 Å². The predicted molar refractivity (Wildman–Crippen MR) is 126 cm³/mol. The Labute approximate surface area is 205 Å². The lowest BCUT2D eigenvalue weighted by atomic mass is 9.83. The number of ether oxygens (including phenoxy) is 1. The monoisotopic (exact) mass is 517 g/mol. The number of nitrogens with zero attached hydrogens (tertiary/aromatic N) is 2. The largest absolute Gasteiger partial charge is 0.493 e. The van der Waals surface area contributed by atoms with Gasteiger partial charge in [-0.25, -0.2) is 8.42 Å². The lowest BCUT2D eigenvalue weighted by Gasteiger charge is -2.29. The molecule has 3 aromatic rings. The summed E-state index contributed by atoms with van der Waals surface area (Å²) in [5.41, 5.74) is 6.96. The Kier molecular flexibility index (Phi) is 5.91. The van der Waals surface area contributed by atoms with Gasteiger partial charge in [-0.3, -0.25) is 14.8 Å². The Hall–Kier alpha value is -3.93. The van der Waals surface area contributed by atoms with Gasteiger partial charge in [-0.2, -0.15) is 18.3 Å². The number of halogens is 3. The Morgan fingerprint density at radius 3 is 2.64 bits per heavy atom. The Balaban J connectivity index is 1.55. The molecule has 3 heterocycles. The highest BCUT2D eigenvalue weighted by Crippen LogP contribution is 2.44. The van der Waals surface area contributed by atoms with Crippen LogP contribution in [-0.2, 0) is 23.2 Å². The molecule has 3 N–H and O–H groups in total. The molecule has 1 aromatic heterocycles. The number of alkyl halides is 3. The summed E-state index contributed by atoms with van der Waals surface area (Å²) in [5.74, 6) is 0.316. The summed E-state index contributed by atoms with van der Waals surface area (Å²) in [7, 11) is -2.25. The summed E-state index contributed by atoms with van der Waals surface area (Å²) in [6, 6.07) is 9.91. The molecule has 0 saturated carbocycles. The molecule has 36 heavy (non-hydrogen) atoms. The molecule has 0 bridgehead atoms. The van der Waals surface area contributed by atoms with Gasteiger partial charge in [-0.1, -0.05) is 12.1 Å². The number of hydrogen-bond donors (Lipinski definition) is 3. The van der Waals surface area contributed by atoms with Crippen molar-refractivity contribution in [3.63, 3.8) is 0 Å². The number of nitrogens with one attached hydrogen (secondary N) is 3. The standard InChI is InChI=1S/C24H22F3N5O3S/c1-32-21(8-11-29-32)20-13-15(24(25,26)27)4-6-17(20)18-9-12-35-22-14-16(5-7-19(18)22)36(33,34)31-23-3-2-10-28-30-23/h2-8,10-11,13-14,18,28,30-31H,9,12H2,1H3/t18-/m1/s1. The average molecular weight is 518 g/mol. The molecule has 0 saturated heterocycles. The van der Waals surface area contributed by atoms with Crippen molar-refractivity contribution in [1.29, 1.82) is 0 Å². The fourth-order valence-electron chi connectivity index (χ4n) is 4.37. The van der Waals surface area contributed by atoms with E-state index in [0.717, 1.165) is 12.1 Å². The van der Waals surface area contributed by atoms with E-state index in [1.54, 1.807) is 37.5 Å². The normalized spacial score (nSPS) is 17.3. The number of aryl methyl sites for hydroxylation is 1. The van der Waals surface area contributed by atoms with Gasteiger partial charge >= 0.3 is 6.18 Å². The van der Waals surface area contributed by atoms with E-state index in [9.17, 15) is 21.6 Å². The quantitative estimate of drug-likeness (QED) is 0.477. The van der Waals surface area contributed by atoms with Gasteiger partial charge < -0.3 is 10.2 Å². The van der Waals surface area contributed by atoms with Gasteiger partial charge in [0.1, 0.15) is 11.6 Å². The summed E-state index contributed by atoms with van der Waals surface area (Å²) in [5, 5.41) is 4.12. The third-order valence-electron chi connectivity index (χ3n) is 6.08.